The zero-order chi connectivity index (χ0) is 19.8. The number of nitriles is 1. The standard InChI is InChI=1S/C22H24BrN3O/c1-15(2)20-6-4-5-16(3)21(20)26-22(27)18(13-24)14-25-12-11-17-7-9-19(23)10-8-17/h4-10,14-15,25H,11-12H2,1-3H3,(H,26,27)/b18-14-. The average Bonchev–Trinajstić information content (AvgIpc) is 2.64. The van der Waals surface area contributed by atoms with Crippen LogP contribution in [0.1, 0.15) is 36.5 Å². The summed E-state index contributed by atoms with van der Waals surface area (Å²) in [6.07, 6.45) is 2.29. The van der Waals surface area contributed by atoms with Gasteiger partial charge in [-0.2, -0.15) is 5.26 Å². The zero-order valence-electron chi connectivity index (χ0n) is 15.8. The highest BCUT2D eigenvalue weighted by Gasteiger charge is 2.15. The van der Waals surface area contributed by atoms with Crippen LogP contribution in [0.25, 0.3) is 0 Å². The lowest BCUT2D eigenvalue weighted by molar-refractivity contribution is -0.112. The van der Waals surface area contributed by atoms with E-state index < -0.39 is 5.91 Å². The smallest absolute Gasteiger partial charge is 0.267 e. The van der Waals surface area contributed by atoms with Crippen LogP contribution in [0.4, 0.5) is 5.69 Å². The Morgan fingerprint density at radius 2 is 1.93 bits per heavy atom. The number of halogens is 1. The number of amides is 1. The number of hydrogen-bond donors (Lipinski definition) is 2. The van der Waals surface area contributed by atoms with E-state index in [2.05, 4.69) is 40.4 Å². The summed E-state index contributed by atoms with van der Waals surface area (Å²) < 4.78 is 1.04. The number of carbonyl (C=O) groups excluding carboxylic acids is 1. The molecule has 4 nitrogen and oxygen atoms in total. The van der Waals surface area contributed by atoms with Crippen molar-refractivity contribution in [2.45, 2.75) is 33.1 Å². The molecular weight excluding hydrogens is 402 g/mol. The number of carbonyl (C=O) groups is 1. The van der Waals surface area contributed by atoms with Crippen molar-refractivity contribution in [1.29, 1.82) is 5.26 Å². The summed E-state index contributed by atoms with van der Waals surface area (Å²) >= 11 is 3.41. The molecule has 0 saturated heterocycles. The van der Waals surface area contributed by atoms with Gasteiger partial charge < -0.3 is 10.6 Å². The molecule has 0 atom stereocenters. The van der Waals surface area contributed by atoms with E-state index in [1.165, 1.54) is 11.8 Å². The molecule has 2 aromatic carbocycles. The maximum atomic E-state index is 12.5. The Labute approximate surface area is 169 Å². The molecule has 2 rings (SSSR count). The highest BCUT2D eigenvalue weighted by Crippen LogP contribution is 2.27. The Kier molecular flexibility index (Phi) is 7.63. The lowest BCUT2D eigenvalue weighted by Crippen LogP contribution is -2.19. The Bertz CT molecular complexity index is 864. The fraction of sp³-hybridized carbons (Fsp3) is 0.273. The monoisotopic (exact) mass is 425 g/mol. The molecule has 0 spiro atoms. The molecule has 0 aliphatic heterocycles. The predicted octanol–water partition coefficient (Wildman–Crippen LogP) is 5.06. The van der Waals surface area contributed by atoms with Crippen molar-refractivity contribution >= 4 is 27.5 Å². The fourth-order valence-corrected chi connectivity index (χ4v) is 2.98. The second-order valence-electron chi connectivity index (χ2n) is 6.65. The van der Waals surface area contributed by atoms with Crippen molar-refractivity contribution in [2.75, 3.05) is 11.9 Å². The summed E-state index contributed by atoms with van der Waals surface area (Å²) in [5.74, 6) is -0.122. The molecule has 2 aromatic rings. The van der Waals surface area contributed by atoms with Gasteiger partial charge in [0.1, 0.15) is 11.6 Å². The van der Waals surface area contributed by atoms with Crippen LogP contribution in [-0.2, 0) is 11.2 Å². The number of nitrogens with one attached hydrogen (secondary N) is 2. The van der Waals surface area contributed by atoms with E-state index in [4.69, 9.17) is 0 Å². The molecule has 0 aromatic heterocycles. The van der Waals surface area contributed by atoms with Crippen molar-refractivity contribution in [3.63, 3.8) is 0 Å². The van der Waals surface area contributed by atoms with Crippen molar-refractivity contribution in [2.24, 2.45) is 0 Å². The summed E-state index contributed by atoms with van der Waals surface area (Å²) in [4.78, 5) is 12.5. The first-order valence-corrected chi connectivity index (χ1v) is 9.70. The third kappa shape index (κ3) is 5.97. The molecule has 5 heteroatoms. The third-order valence-electron chi connectivity index (χ3n) is 4.25. The van der Waals surface area contributed by atoms with E-state index >= 15 is 0 Å². The molecular formula is C22H24BrN3O. The van der Waals surface area contributed by atoms with Gasteiger partial charge in [-0.05, 0) is 48.1 Å². The van der Waals surface area contributed by atoms with Gasteiger partial charge >= 0.3 is 0 Å². The van der Waals surface area contributed by atoms with Crippen LogP contribution in [0, 0.1) is 18.3 Å². The normalized spacial score (nSPS) is 11.2. The average molecular weight is 426 g/mol. The SMILES string of the molecule is Cc1cccc(C(C)C)c1NC(=O)/C(C#N)=C\NCCc1ccc(Br)cc1. The van der Waals surface area contributed by atoms with Gasteiger partial charge in [0.25, 0.3) is 5.91 Å². The van der Waals surface area contributed by atoms with Gasteiger partial charge in [0, 0.05) is 22.9 Å². The first-order chi connectivity index (χ1) is 12.9. The number of aryl methyl sites for hydroxylation is 1. The van der Waals surface area contributed by atoms with Crippen molar-refractivity contribution in [3.05, 3.63) is 75.4 Å². The van der Waals surface area contributed by atoms with Gasteiger partial charge in [-0.25, -0.2) is 0 Å². The zero-order valence-corrected chi connectivity index (χ0v) is 17.4. The van der Waals surface area contributed by atoms with Gasteiger partial charge in [-0.1, -0.05) is 60.1 Å². The third-order valence-corrected chi connectivity index (χ3v) is 4.78. The van der Waals surface area contributed by atoms with Crippen molar-refractivity contribution in [3.8, 4) is 6.07 Å². The minimum absolute atomic E-state index is 0.0590. The molecule has 0 radical (unpaired) electrons. The Morgan fingerprint density at radius 3 is 2.56 bits per heavy atom. The summed E-state index contributed by atoms with van der Waals surface area (Å²) in [6.45, 7) is 6.75. The van der Waals surface area contributed by atoms with Gasteiger partial charge in [0.15, 0.2) is 0 Å². The molecule has 2 N–H and O–H groups in total. The maximum Gasteiger partial charge on any atom is 0.267 e. The largest absolute Gasteiger partial charge is 0.389 e. The van der Waals surface area contributed by atoms with Crippen LogP contribution < -0.4 is 10.6 Å². The minimum atomic E-state index is -0.398. The molecule has 0 heterocycles. The van der Waals surface area contributed by atoms with Crippen LogP contribution in [0.3, 0.4) is 0 Å². The Hall–Kier alpha value is -2.58. The lowest BCUT2D eigenvalue weighted by Gasteiger charge is -2.16. The van der Waals surface area contributed by atoms with E-state index in [0.717, 1.165) is 27.7 Å². The van der Waals surface area contributed by atoms with E-state index in [-0.39, 0.29) is 11.5 Å². The van der Waals surface area contributed by atoms with E-state index in [9.17, 15) is 10.1 Å². The number of para-hydroxylation sites is 1. The number of anilines is 1. The topological polar surface area (TPSA) is 64.9 Å². The minimum Gasteiger partial charge on any atom is -0.389 e. The highest BCUT2D eigenvalue weighted by molar-refractivity contribution is 9.10. The predicted molar refractivity (Wildman–Crippen MR) is 113 cm³/mol. The van der Waals surface area contributed by atoms with Crippen molar-refractivity contribution < 1.29 is 4.79 Å². The van der Waals surface area contributed by atoms with E-state index in [0.29, 0.717) is 6.54 Å². The number of rotatable bonds is 7. The van der Waals surface area contributed by atoms with Crippen LogP contribution in [0.2, 0.25) is 0 Å². The molecule has 0 aliphatic carbocycles. The van der Waals surface area contributed by atoms with Crippen LogP contribution in [0.15, 0.2) is 58.7 Å². The first-order valence-electron chi connectivity index (χ1n) is 8.91. The molecule has 0 unspecified atom stereocenters. The summed E-state index contributed by atoms with van der Waals surface area (Å²) in [5, 5.41) is 15.3. The van der Waals surface area contributed by atoms with Crippen LogP contribution in [0.5, 0.6) is 0 Å². The molecule has 27 heavy (non-hydrogen) atoms. The van der Waals surface area contributed by atoms with Gasteiger partial charge in [0.05, 0.1) is 0 Å². The van der Waals surface area contributed by atoms with Crippen LogP contribution >= 0.6 is 15.9 Å². The van der Waals surface area contributed by atoms with Gasteiger partial charge in [-0.15, -0.1) is 0 Å². The quantitative estimate of drug-likeness (QED) is 0.370. The Morgan fingerprint density at radius 1 is 1.22 bits per heavy atom. The number of benzene rings is 2. The molecule has 0 saturated carbocycles. The fourth-order valence-electron chi connectivity index (χ4n) is 2.71. The highest BCUT2D eigenvalue weighted by atomic mass is 79.9. The summed E-state index contributed by atoms with van der Waals surface area (Å²) in [5.41, 5.74) is 4.07. The summed E-state index contributed by atoms with van der Waals surface area (Å²) in [7, 11) is 0. The molecule has 140 valence electrons. The summed E-state index contributed by atoms with van der Waals surface area (Å²) in [6, 6.07) is 16.0. The first kappa shape index (κ1) is 20.7. The van der Waals surface area contributed by atoms with E-state index in [1.54, 1.807) is 0 Å². The molecule has 0 fully saturated rings. The Balaban J connectivity index is 2.00. The van der Waals surface area contributed by atoms with E-state index in [1.807, 2.05) is 55.5 Å². The molecule has 1 amide bonds. The van der Waals surface area contributed by atoms with Gasteiger partial charge in [-0.3, -0.25) is 4.79 Å². The number of nitrogens with zero attached hydrogens (tertiary/aromatic N) is 1. The van der Waals surface area contributed by atoms with Crippen molar-refractivity contribution in [1.82, 2.24) is 5.32 Å². The number of hydrogen-bond acceptors (Lipinski definition) is 3. The second kappa shape index (κ2) is 9.94. The molecule has 0 aliphatic rings. The second-order valence-corrected chi connectivity index (χ2v) is 7.56. The lowest BCUT2D eigenvalue weighted by atomic mass is 9.98. The molecule has 0 bridgehead atoms. The maximum absolute atomic E-state index is 12.5. The van der Waals surface area contributed by atoms with Gasteiger partial charge in [0.2, 0.25) is 0 Å². The van der Waals surface area contributed by atoms with Crippen LogP contribution in [-0.4, -0.2) is 12.5 Å².